The Bertz CT molecular complexity index is 430. The number of hydrogen-bond acceptors (Lipinski definition) is 4. The fourth-order valence-electron chi connectivity index (χ4n) is 2.64. The van der Waals surface area contributed by atoms with E-state index in [0.29, 0.717) is 12.0 Å². The summed E-state index contributed by atoms with van der Waals surface area (Å²) in [6.45, 7) is 10.9. The lowest BCUT2D eigenvalue weighted by Crippen LogP contribution is -2.38. The van der Waals surface area contributed by atoms with E-state index < -0.39 is 0 Å². The highest BCUT2D eigenvalue weighted by Crippen LogP contribution is 2.26. The van der Waals surface area contributed by atoms with Crippen LogP contribution >= 0.6 is 0 Å². The van der Waals surface area contributed by atoms with E-state index in [1.807, 2.05) is 0 Å². The van der Waals surface area contributed by atoms with E-state index in [1.54, 1.807) is 0 Å². The Hall–Kier alpha value is -1.32. The summed E-state index contributed by atoms with van der Waals surface area (Å²) in [7, 11) is 0. The van der Waals surface area contributed by atoms with E-state index in [0.717, 1.165) is 37.0 Å². The molecule has 1 saturated heterocycles. The third-order valence-corrected chi connectivity index (χ3v) is 3.90. The monoisotopic (exact) mass is 276 g/mol. The van der Waals surface area contributed by atoms with Gasteiger partial charge in [0.25, 0.3) is 0 Å². The van der Waals surface area contributed by atoms with Gasteiger partial charge in [0.1, 0.15) is 17.5 Å². The molecule has 112 valence electrons. The second kappa shape index (κ2) is 6.91. The van der Waals surface area contributed by atoms with Crippen molar-refractivity contribution in [3.8, 4) is 0 Å². The van der Waals surface area contributed by atoms with Gasteiger partial charge in [0, 0.05) is 31.1 Å². The molecule has 2 rings (SSSR count). The summed E-state index contributed by atoms with van der Waals surface area (Å²) in [5.41, 5.74) is 0. The average Bonchev–Trinajstić information content (AvgIpc) is 2.45. The molecule has 1 atom stereocenters. The van der Waals surface area contributed by atoms with Gasteiger partial charge in [-0.25, -0.2) is 9.97 Å². The van der Waals surface area contributed by atoms with Crippen molar-refractivity contribution >= 4 is 11.6 Å². The molecule has 1 unspecified atom stereocenters. The first-order valence-corrected chi connectivity index (χ1v) is 8.01. The summed E-state index contributed by atoms with van der Waals surface area (Å²) in [5, 5.41) is 3.41. The molecule has 1 fully saturated rings. The Kier molecular flexibility index (Phi) is 5.21. The highest BCUT2D eigenvalue weighted by molar-refractivity contribution is 5.50. The van der Waals surface area contributed by atoms with Gasteiger partial charge < -0.3 is 10.2 Å². The molecule has 0 aliphatic carbocycles. The van der Waals surface area contributed by atoms with E-state index >= 15 is 0 Å². The molecule has 4 heteroatoms. The van der Waals surface area contributed by atoms with Crippen LogP contribution < -0.4 is 10.2 Å². The van der Waals surface area contributed by atoms with Gasteiger partial charge >= 0.3 is 0 Å². The summed E-state index contributed by atoms with van der Waals surface area (Å²) >= 11 is 0. The highest BCUT2D eigenvalue weighted by Gasteiger charge is 2.21. The standard InChI is InChI=1S/C16H28N4/c1-5-9-17-14-11-15(19-16(18-14)12(2)3)20-10-7-6-8-13(20)4/h11-13H,5-10H2,1-4H3,(H,17,18,19). The number of aromatic nitrogens is 2. The maximum atomic E-state index is 4.79. The largest absolute Gasteiger partial charge is 0.370 e. The molecule has 1 aliphatic rings. The molecule has 4 nitrogen and oxygen atoms in total. The second-order valence-electron chi connectivity index (χ2n) is 6.09. The molecule has 0 saturated carbocycles. The van der Waals surface area contributed by atoms with Crippen LogP contribution in [-0.2, 0) is 0 Å². The molecular weight excluding hydrogens is 248 g/mol. The van der Waals surface area contributed by atoms with Crippen molar-refractivity contribution in [3.05, 3.63) is 11.9 Å². The van der Waals surface area contributed by atoms with E-state index in [9.17, 15) is 0 Å². The zero-order valence-corrected chi connectivity index (χ0v) is 13.3. The van der Waals surface area contributed by atoms with Crippen molar-refractivity contribution in [2.75, 3.05) is 23.3 Å². The van der Waals surface area contributed by atoms with Gasteiger partial charge in [-0.05, 0) is 32.6 Å². The van der Waals surface area contributed by atoms with Crippen molar-refractivity contribution in [2.45, 2.75) is 65.3 Å². The number of rotatable bonds is 5. The molecule has 0 bridgehead atoms. The van der Waals surface area contributed by atoms with Crippen LogP contribution in [0.25, 0.3) is 0 Å². The van der Waals surface area contributed by atoms with Crippen molar-refractivity contribution in [2.24, 2.45) is 0 Å². The number of nitrogens with one attached hydrogen (secondary N) is 1. The first-order valence-electron chi connectivity index (χ1n) is 8.01. The van der Waals surface area contributed by atoms with Gasteiger partial charge in [-0.3, -0.25) is 0 Å². The molecule has 20 heavy (non-hydrogen) atoms. The summed E-state index contributed by atoms with van der Waals surface area (Å²) in [4.78, 5) is 11.9. The summed E-state index contributed by atoms with van der Waals surface area (Å²) in [6, 6.07) is 2.70. The van der Waals surface area contributed by atoms with Crippen LogP contribution in [0.5, 0.6) is 0 Å². The highest BCUT2D eigenvalue weighted by atomic mass is 15.2. The average molecular weight is 276 g/mol. The Morgan fingerprint density at radius 2 is 2.15 bits per heavy atom. The molecule has 0 radical (unpaired) electrons. The molecular formula is C16H28N4. The minimum atomic E-state index is 0.359. The first-order chi connectivity index (χ1) is 9.61. The van der Waals surface area contributed by atoms with Crippen LogP contribution in [0.15, 0.2) is 6.07 Å². The molecule has 0 amide bonds. The van der Waals surface area contributed by atoms with Gasteiger partial charge in [0.2, 0.25) is 0 Å². The first kappa shape index (κ1) is 15.1. The predicted molar refractivity (Wildman–Crippen MR) is 85.6 cm³/mol. The van der Waals surface area contributed by atoms with E-state index in [4.69, 9.17) is 4.98 Å². The fraction of sp³-hybridized carbons (Fsp3) is 0.750. The normalized spacial score (nSPS) is 19.4. The summed E-state index contributed by atoms with van der Waals surface area (Å²) in [5.74, 6) is 3.36. The molecule has 1 aliphatic heterocycles. The molecule has 1 aromatic rings. The van der Waals surface area contributed by atoms with Crippen LogP contribution in [0.1, 0.15) is 65.1 Å². The van der Waals surface area contributed by atoms with Gasteiger partial charge in [-0.2, -0.15) is 0 Å². The van der Waals surface area contributed by atoms with E-state index in [-0.39, 0.29) is 0 Å². The van der Waals surface area contributed by atoms with Gasteiger partial charge in [0.05, 0.1) is 0 Å². The van der Waals surface area contributed by atoms with Crippen molar-refractivity contribution < 1.29 is 0 Å². The Labute approximate surface area is 123 Å². The van der Waals surface area contributed by atoms with Crippen LogP contribution in [0.2, 0.25) is 0 Å². The Morgan fingerprint density at radius 3 is 2.80 bits per heavy atom. The molecule has 1 aromatic heterocycles. The SMILES string of the molecule is CCCNc1cc(N2CCCCC2C)nc(C(C)C)n1. The smallest absolute Gasteiger partial charge is 0.135 e. The minimum Gasteiger partial charge on any atom is -0.370 e. The van der Waals surface area contributed by atoms with Crippen LogP contribution in [-0.4, -0.2) is 29.1 Å². The number of hydrogen-bond donors (Lipinski definition) is 1. The minimum absolute atomic E-state index is 0.359. The second-order valence-corrected chi connectivity index (χ2v) is 6.09. The van der Waals surface area contributed by atoms with E-state index in [1.165, 1.54) is 19.3 Å². The maximum absolute atomic E-state index is 4.79. The molecule has 1 N–H and O–H groups in total. The number of piperidine rings is 1. The number of nitrogens with zero attached hydrogens (tertiary/aromatic N) is 3. The van der Waals surface area contributed by atoms with Crippen molar-refractivity contribution in [1.82, 2.24) is 9.97 Å². The molecule has 0 aromatic carbocycles. The fourth-order valence-corrected chi connectivity index (χ4v) is 2.64. The van der Waals surface area contributed by atoms with Crippen molar-refractivity contribution in [3.63, 3.8) is 0 Å². The summed E-state index contributed by atoms with van der Waals surface area (Å²) in [6.07, 6.45) is 4.97. The number of anilines is 2. The van der Waals surface area contributed by atoms with Crippen molar-refractivity contribution in [1.29, 1.82) is 0 Å². The van der Waals surface area contributed by atoms with Gasteiger partial charge in [-0.15, -0.1) is 0 Å². The lowest BCUT2D eigenvalue weighted by Gasteiger charge is -2.34. The maximum Gasteiger partial charge on any atom is 0.135 e. The molecule has 0 spiro atoms. The zero-order chi connectivity index (χ0) is 14.5. The van der Waals surface area contributed by atoms with Gasteiger partial charge in [0.15, 0.2) is 0 Å². The summed E-state index contributed by atoms with van der Waals surface area (Å²) < 4.78 is 0. The lowest BCUT2D eigenvalue weighted by molar-refractivity contribution is 0.480. The topological polar surface area (TPSA) is 41.0 Å². The van der Waals surface area contributed by atoms with Crippen LogP contribution in [0, 0.1) is 0 Å². The van der Waals surface area contributed by atoms with E-state index in [2.05, 4.69) is 49.0 Å². The van der Waals surface area contributed by atoms with Crippen LogP contribution in [0.4, 0.5) is 11.6 Å². The quantitative estimate of drug-likeness (QED) is 0.888. The zero-order valence-electron chi connectivity index (χ0n) is 13.3. The lowest BCUT2D eigenvalue weighted by atomic mass is 10.0. The third-order valence-electron chi connectivity index (χ3n) is 3.90. The Morgan fingerprint density at radius 1 is 1.35 bits per heavy atom. The molecule has 2 heterocycles. The van der Waals surface area contributed by atoms with Crippen LogP contribution in [0.3, 0.4) is 0 Å². The Balaban J connectivity index is 2.27. The predicted octanol–water partition coefficient (Wildman–Crippen LogP) is 3.80. The van der Waals surface area contributed by atoms with Gasteiger partial charge in [-0.1, -0.05) is 20.8 Å². The third kappa shape index (κ3) is 3.62.